The fraction of sp³-hybridized carbons (Fsp3) is 0.292. The molecule has 4 atom stereocenters. The van der Waals surface area contributed by atoms with Gasteiger partial charge >= 0.3 is 6.36 Å². The molecule has 11 heteroatoms. The van der Waals surface area contributed by atoms with E-state index in [0.29, 0.717) is 11.4 Å². The largest absolute Gasteiger partial charge is 0.573 e. The van der Waals surface area contributed by atoms with E-state index in [1.165, 1.54) is 19.1 Å². The van der Waals surface area contributed by atoms with E-state index in [1.807, 2.05) is 6.08 Å². The molecule has 3 amide bonds. The number of hydrogen-bond donors (Lipinski definition) is 2. The number of anilines is 3. The lowest BCUT2D eigenvalue weighted by Gasteiger charge is -2.23. The van der Waals surface area contributed by atoms with Crippen LogP contribution in [0.2, 0.25) is 0 Å². The van der Waals surface area contributed by atoms with Gasteiger partial charge in [-0.3, -0.25) is 14.4 Å². The van der Waals surface area contributed by atoms with E-state index in [0.717, 1.165) is 12.1 Å². The number of carbonyl (C=O) groups is 3. The number of amides is 3. The van der Waals surface area contributed by atoms with Crippen LogP contribution in [0.25, 0.3) is 0 Å². The van der Waals surface area contributed by atoms with Gasteiger partial charge in [-0.05, 0) is 48.5 Å². The van der Waals surface area contributed by atoms with Crippen LogP contribution >= 0.6 is 0 Å². The molecule has 3 heterocycles. The lowest BCUT2D eigenvalue weighted by atomic mass is 9.77. The molecule has 0 aliphatic carbocycles. The highest BCUT2D eigenvalue weighted by Gasteiger charge is 2.67. The summed E-state index contributed by atoms with van der Waals surface area (Å²) in [6.07, 6.45) is -1.82. The Morgan fingerprint density at radius 1 is 1.06 bits per heavy atom. The van der Waals surface area contributed by atoms with Gasteiger partial charge in [0.2, 0.25) is 17.7 Å². The lowest BCUT2D eigenvalue weighted by molar-refractivity contribution is -0.274. The molecule has 0 radical (unpaired) electrons. The van der Waals surface area contributed by atoms with Gasteiger partial charge in [0.15, 0.2) is 0 Å². The molecular weight excluding hydrogens is 467 g/mol. The normalized spacial score (nSPS) is 26.6. The van der Waals surface area contributed by atoms with Crippen molar-refractivity contribution in [3.05, 3.63) is 60.7 Å². The van der Waals surface area contributed by atoms with E-state index in [4.69, 9.17) is 4.74 Å². The molecule has 5 rings (SSSR count). The smallest absolute Gasteiger partial charge is 0.406 e. The molecule has 2 saturated heterocycles. The molecule has 182 valence electrons. The van der Waals surface area contributed by atoms with Crippen LogP contribution in [0.15, 0.2) is 60.7 Å². The SMILES string of the molecule is CC(=O)Nc1ccc(N2C[C@]34C=C[C@@H](O3)C(C(=O)Nc3ccc(OC(F)(F)F)cc3)C4C2=O)cc1. The van der Waals surface area contributed by atoms with E-state index >= 15 is 0 Å². The van der Waals surface area contributed by atoms with Crippen LogP contribution in [0.5, 0.6) is 5.75 Å². The minimum absolute atomic E-state index is 0.213. The first-order chi connectivity index (χ1) is 16.5. The van der Waals surface area contributed by atoms with Crippen molar-refractivity contribution in [3.8, 4) is 5.75 Å². The summed E-state index contributed by atoms with van der Waals surface area (Å²) in [7, 11) is 0. The highest BCUT2D eigenvalue weighted by atomic mass is 19.4. The summed E-state index contributed by atoms with van der Waals surface area (Å²) in [5.74, 6) is -2.91. The zero-order valence-electron chi connectivity index (χ0n) is 18.3. The number of halogens is 3. The number of benzene rings is 2. The van der Waals surface area contributed by atoms with Crippen LogP contribution in [0.3, 0.4) is 0 Å². The Balaban J connectivity index is 1.32. The monoisotopic (exact) mass is 487 g/mol. The molecule has 2 aromatic rings. The van der Waals surface area contributed by atoms with Crippen molar-refractivity contribution in [1.82, 2.24) is 0 Å². The number of nitrogens with zero attached hydrogens (tertiary/aromatic N) is 1. The number of hydrogen-bond acceptors (Lipinski definition) is 5. The Morgan fingerprint density at radius 3 is 2.31 bits per heavy atom. The van der Waals surface area contributed by atoms with Crippen LogP contribution in [-0.4, -0.2) is 42.3 Å². The van der Waals surface area contributed by atoms with Gasteiger partial charge in [-0.25, -0.2) is 0 Å². The van der Waals surface area contributed by atoms with Gasteiger partial charge in [-0.1, -0.05) is 12.2 Å². The molecule has 3 aliphatic rings. The molecule has 3 aliphatic heterocycles. The topological polar surface area (TPSA) is 97.0 Å². The number of carbonyl (C=O) groups excluding carboxylic acids is 3. The minimum Gasteiger partial charge on any atom is -0.406 e. The Kier molecular flexibility index (Phi) is 5.32. The maximum absolute atomic E-state index is 13.4. The third kappa shape index (κ3) is 4.23. The van der Waals surface area contributed by atoms with E-state index < -0.39 is 41.6 Å². The van der Waals surface area contributed by atoms with Gasteiger partial charge in [0, 0.05) is 24.0 Å². The number of fused-ring (bicyclic) bond motifs is 1. The molecule has 2 N–H and O–H groups in total. The number of alkyl halides is 3. The van der Waals surface area contributed by atoms with Gasteiger partial charge in [0.05, 0.1) is 24.5 Å². The average molecular weight is 487 g/mol. The molecule has 0 saturated carbocycles. The second-order valence-electron chi connectivity index (χ2n) is 8.61. The highest BCUT2D eigenvalue weighted by molar-refractivity contribution is 6.05. The van der Waals surface area contributed by atoms with Crippen LogP contribution < -0.4 is 20.3 Å². The Morgan fingerprint density at radius 2 is 1.69 bits per heavy atom. The number of rotatable bonds is 5. The second-order valence-corrected chi connectivity index (χ2v) is 8.61. The first kappa shape index (κ1) is 22.9. The molecule has 35 heavy (non-hydrogen) atoms. The van der Waals surface area contributed by atoms with Crippen molar-refractivity contribution in [2.24, 2.45) is 11.8 Å². The van der Waals surface area contributed by atoms with Crippen LogP contribution in [0, 0.1) is 11.8 Å². The number of nitrogens with one attached hydrogen (secondary N) is 2. The third-order valence-corrected chi connectivity index (χ3v) is 6.26. The zero-order chi connectivity index (χ0) is 25.0. The van der Waals surface area contributed by atoms with Crippen molar-refractivity contribution in [2.45, 2.75) is 25.0 Å². The fourth-order valence-electron chi connectivity index (χ4n) is 4.91. The summed E-state index contributed by atoms with van der Waals surface area (Å²) in [5, 5.41) is 5.33. The summed E-state index contributed by atoms with van der Waals surface area (Å²) in [4.78, 5) is 39.4. The molecular formula is C24H20F3N3O5. The Bertz CT molecular complexity index is 1210. The van der Waals surface area contributed by atoms with E-state index in [9.17, 15) is 27.6 Å². The van der Waals surface area contributed by atoms with Crippen LogP contribution in [0.1, 0.15) is 6.92 Å². The fourth-order valence-corrected chi connectivity index (χ4v) is 4.91. The van der Waals surface area contributed by atoms with E-state index in [1.54, 1.807) is 35.2 Å². The maximum Gasteiger partial charge on any atom is 0.573 e. The minimum atomic E-state index is -4.81. The van der Waals surface area contributed by atoms with Crippen molar-refractivity contribution >= 4 is 34.8 Å². The van der Waals surface area contributed by atoms with Gasteiger partial charge < -0.3 is 25.0 Å². The molecule has 0 aromatic heterocycles. The quantitative estimate of drug-likeness (QED) is 0.630. The molecule has 2 fully saturated rings. The van der Waals surface area contributed by atoms with Gasteiger partial charge in [0.25, 0.3) is 0 Å². The third-order valence-electron chi connectivity index (χ3n) is 6.26. The van der Waals surface area contributed by atoms with E-state index in [2.05, 4.69) is 15.4 Å². The molecule has 8 nitrogen and oxygen atoms in total. The van der Waals surface area contributed by atoms with Crippen molar-refractivity contribution in [1.29, 1.82) is 0 Å². The summed E-state index contributed by atoms with van der Waals surface area (Å²) in [5.41, 5.74) is 0.519. The molecule has 2 aromatic carbocycles. The Hall–Kier alpha value is -3.86. The maximum atomic E-state index is 13.4. The van der Waals surface area contributed by atoms with E-state index in [-0.39, 0.29) is 24.0 Å². The Labute approximate surface area is 197 Å². The van der Waals surface area contributed by atoms with Crippen molar-refractivity contribution in [2.75, 3.05) is 22.1 Å². The zero-order valence-corrected chi connectivity index (χ0v) is 18.3. The molecule has 2 bridgehead atoms. The first-order valence-electron chi connectivity index (χ1n) is 10.8. The summed E-state index contributed by atoms with van der Waals surface area (Å²) in [6, 6.07) is 11.5. The van der Waals surface area contributed by atoms with Crippen molar-refractivity contribution < 1.29 is 37.0 Å². The predicted molar refractivity (Wildman–Crippen MR) is 119 cm³/mol. The summed E-state index contributed by atoms with van der Waals surface area (Å²) >= 11 is 0. The van der Waals surface area contributed by atoms with Crippen molar-refractivity contribution in [3.63, 3.8) is 0 Å². The van der Waals surface area contributed by atoms with Gasteiger partial charge in [0.1, 0.15) is 11.4 Å². The summed E-state index contributed by atoms with van der Waals surface area (Å²) < 4.78 is 47.0. The summed E-state index contributed by atoms with van der Waals surface area (Å²) in [6.45, 7) is 1.63. The predicted octanol–water partition coefficient (Wildman–Crippen LogP) is 3.47. The van der Waals surface area contributed by atoms with Crippen LogP contribution in [-0.2, 0) is 19.1 Å². The van der Waals surface area contributed by atoms with Gasteiger partial charge in [-0.2, -0.15) is 0 Å². The second kappa shape index (κ2) is 8.12. The van der Waals surface area contributed by atoms with Gasteiger partial charge in [-0.15, -0.1) is 13.2 Å². The highest BCUT2D eigenvalue weighted by Crippen LogP contribution is 2.52. The average Bonchev–Trinajstić information content (AvgIpc) is 3.42. The first-order valence-corrected chi connectivity index (χ1v) is 10.8. The molecule has 1 spiro atoms. The lowest BCUT2D eigenvalue weighted by Crippen LogP contribution is -2.41. The standard InChI is InChI=1S/C24H20F3N3O5/c1-13(31)28-14-2-6-16(7-3-14)30-12-23-11-10-18(35-23)19(20(23)22(30)33)21(32)29-15-4-8-17(9-5-15)34-24(25,26)27/h2-11,18-20H,12H2,1H3,(H,28,31)(H,29,32)/t18-,19?,20?,23+/m1/s1. The van der Waals surface area contributed by atoms with Crippen LogP contribution in [0.4, 0.5) is 30.2 Å². The number of ether oxygens (including phenoxy) is 2. The molecule has 2 unspecified atom stereocenters.